The first kappa shape index (κ1) is 10.2. The van der Waals surface area contributed by atoms with Crippen LogP contribution in [0.15, 0.2) is 30.3 Å². The molecule has 0 unspecified atom stereocenters. The van der Waals surface area contributed by atoms with Crippen LogP contribution in [0.25, 0.3) is 0 Å². The van der Waals surface area contributed by atoms with Crippen LogP contribution >= 0.6 is 12.2 Å². The largest absolute Gasteiger partial charge is 0.393 e. The second-order valence-corrected chi connectivity index (χ2v) is 4.35. The van der Waals surface area contributed by atoms with Gasteiger partial charge in [0.15, 0.2) is 0 Å². The summed E-state index contributed by atoms with van der Waals surface area (Å²) in [7, 11) is 0. The van der Waals surface area contributed by atoms with Crippen molar-refractivity contribution < 1.29 is 0 Å². The molecule has 2 N–H and O–H groups in total. The summed E-state index contributed by atoms with van der Waals surface area (Å²) in [5, 5.41) is 0. The Balaban J connectivity index is 2.75. The minimum atomic E-state index is -0.0866. The van der Waals surface area contributed by atoms with E-state index < -0.39 is 0 Å². The van der Waals surface area contributed by atoms with Crippen molar-refractivity contribution in [2.24, 2.45) is 11.1 Å². The van der Waals surface area contributed by atoms with Gasteiger partial charge in [-0.1, -0.05) is 56.4 Å². The number of hydrogen-bond acceptors (Lipinski definition) is 1. The molecule has 0 amide bonds. The summed E-state index contributed by atoms with van der Waals surface area (Å²) in [6.07, 6.45) is 0.906. The van der Waals surface area contributed by atoms with Crippen molar-refractivity contribution in [1.29, 1.82) is 0 Å². The van der Waals surface area contributed by atoms with Crippen LogP contribution in [0.1, 0.15) is 19.4 Å². The lowest BCUT2D eigenvalue weighted by Gasteiger charge is -2.22. The topological polar surface area (TPSA) is 26.0 Å². The minimum Gasteiger partial charge on any atom is -0.393 e. The Morgan fingerprint density at radius 3 is 2.31 bits per heavy atom. The number of nitrogens with two attached hydrogens (primary N) is 1. The summed E-state index contributed by atoms with van der Waals surface area (Å²) in [4.78, 5) is 0.580. The van der Waals surface area contributed by atoms with E-state index in [1.807, 2.05) is 18.2 Å². The highest BCUT2D eigenvalue weighted by Crippen LogP contribution is 2.21. The molecule has 0 aromatic heterocycles. The van der Waals surface area contributed by atoms with Crippen LogP contribution in [0.4, 0.5) is 0 Å². The van der Waals surface area contributed by atoms with Crippen LogP contribution in [-0.4, -0.2) is 4.99 Å². The van der Waals surface area contributed by atoms with Crippen LogP contribution in [0.2, 0.25) is 0 Å². The Hall–Kier alpha value is -0.890. The molecular weight excluding hydrogens is 178 g/mol. The zero-order valence-corrected chi connectivity index (χ0v) is 8.90. The zero-order valence-electron chi connectivity index (χ0n) is 8.08. The van der Waals surface area contributed by atoms with Gasteiger partial charge in [0.1, 0.15) is 0 Å². The van der Waals surface area contributed by atoms with Crippen LogP contribution in [0, 0.1) is 5.41 Å². The van der Waals surface area contributed by atoms with Gasteiger partial charge >= 0.3 is 0 Å². The lowest BCUT2D eigenvalue weighted by molar-refractivity contribution is 0.523. The first-order valence-corrected chi connectivity index (χ1v) is 4.77. The maximum Gasteiger partial charge on any atom is 0.0787 e. The molecule has 1 aromatic rings. The molecule has 0 radical (unpaired) electrons. The molecule has 0 fully saturated rings. The molecule has 70 valence electrons. The summed E-state index contributed by atoms with van der Waals surface area (Å²) in [5.74, 6) is 0. The van der Waals surface area contributed by atoms with Crippen LogP contribution in [0.3, 0.4) is 0 Å². The van der Waals surface area contributed by atoms with Crippen molar-refractivity contribution in [3.05, 3.63) is 35.9 Å². The third-order valence-electron chi connectivity index (χ3n) is 2.16. The maximum absolute atomic E-state index is 5.65. The Kier molecular flexibility index (Phi) is 3.04. The van der Waals surface area contributed by atoms with Crippen molar-refractivity contribution in [3.8, 4) is 0 Å². The van der Waals surface area contributed by atoms with E-state index in [0.29, 0.717) is 4.99 Å². The maximum atomic E-state index is 5.65. The van der Waals surface area contributed by atoms with Gasteiger partial charge in [-0.2, -0.15) is 0 Å². The second kappa shape index (κ2) is 3.88. The molecule has 0 atom stereocenters. The fourth-order valence-electron chi connectivity index (χ4n) is 1.19. The normalized spacial score (nSPS) is 11.2. The standard InChI is InChI=1S/C11H15NS/c1-11(2,10(12)13)8-9-6-4-3-5-7-9/h3-7H,8H2,1-2H3,(H2,12,13). The smallest absolute Gasteiger partial charge is 0.0787 e. The van der Waals surface area contributed by atoms with Gasteiger partial charge in [0.05, 0.1) is 4.99 Å². The van der Waals surface area contributed by atoms with Crippen molar-refractivity contribution in [2.75, 3.05) is 0 Å². The van der Waals surface area contributed by atoms with Gasteiger partial charge in [-0.25, -0.2) is 0 Å². The fourth-order valence-corrected chi connectivity index (χ4v) is 1.27. The molecule has 1 rings (SSSR count). The molecule has 0 saturated carbocycles. The van der Waals surface area contributed by atoms with Gasteiger partial charge in [0, 0.05) is 5.41 Å². The lowest BCUT2D eigenvalue weighted by Crippen LogP contribution is -2.31. The molecule has 0 spiro atoms. The second-order valence-electron chi connectivity index (χ2n) is 3.91. The van der Waals surface area contributed by atoms with Crippen molar-refractivity contribution in [2.45, 2.75) is 20.3 Å². The third kappa shape index (κ3) is 2.81. The molecule has 1 aromatic carbocycles. The van der Waals surface area contributed by atoms with E-state index >= 15 is 0 Å². The van der Waals surface area contributed by atoms with Gasteiger partial charge < -0.3 is 5.73 Å². The molecule has 13 heavy (non-hydrogen) atoms. The van der Waals surface area contributed by atoms with E-state index in [1.165, 1.54) is 5.56 Å². The van der Waals surface area contributed by atoms with E-state index in [2.05, 4.69) is 26.0 Å². The zero-order chi connectivity index (χ0) is 9.90. The average molecular weight is 193 g/mol. The highest BCUT2D eigenvalue weighted by atomic mass is 32.1. The lowest BCUT2D eigenvalue weighted by atomic mass is 9.86. The summed E-state index contributed by atoms with van der Waals surface area (Å²) >= 11 is 5.01. The SMILES string of the molecule is CC(C)(Cc1ccccc1)C(N)=S. The number of rotatable bonds is 3. The molecule has 0 aliphatic rings. The monoisotopic (exact) mass is 193 g/mol. The van der Waals surface area contributed by atoms with Gasteiger partial charge in [-0.3, -0.25) is 0 Å². The molecule has 0 heterocycles. The molecule has 2 heteroatoms. The molecular formula is C11H15NS. The number of hydrogen-bond donors (Lipinski definition) is 1. The van der Waals surface area contributed by atoms with E-state index in [1.54, 1.807) is 0 Å². The quantitative estimate of drug-likeness (QED) is 0.747. The predicted molar refractivity (Wildman–Crippen MR) is 60.7 cm³/mol. The summed E-state index contributed by atoms with van der Waals surface area (Å²) in [5.41, 5.74) is 6.84. The van der Waals surface area contributed by atoms with Gasteiger partial charge in [-0.05, 0) is 12.0 Å². The minimum absolute atomic E-state index is 0.0866. The van der Waals surface area contributed by atoms with E-state index in [9.17, 15) is 0 Å². The molecule has 0 aliphatic carbocycles. The molecule has 0 bridgehead atoms. The summed E-state index contributed by atoms with van der Waals surface area (Å²) in [6.45, 7) is 4.14. The van der Waals surface area contributed by atoms with Crippen LogP contribution in [0.5, 0.6) is 0 Å². The van der Waals surface area contributed by atoms with Crippen LogP contribution in [-0.2, 0) is 6.42 Å². The van der Waals surface area contributed by atoms with E-state index in [-0.39, 0.29) is 5.41 Å². The third-order valence-corrected chi connectivity index (χ3v) is 2.71. The Morgan fingerprint density at radius 1 is 1.31 bits per heavy atom. The summed E-state index contributed by atoms with van der Waals surface area (Å²) in [6, 6.07) is 10.3. The molecule has 0 saturated heterocycles. The van der Waals surface area contributed by atoms with Crippen LogP contribution < -0.4 is 5.73 Å². The highest BCUT2D eigenvalue weighted by molar-refractivity contribution is 7.80. The van der Waals surface area contributed by atoms with Gasteiger partial charge in [-0.15, -0.1) is 0 Å². The van der Waals surface area contributed by atoms with E-state index in [0.717, 1.165) is 6.42 Å². The van der Waals surface area contributed by atoms with Crippen molar-refractivity contribution in [3.63, 3.8) is 0 Å². The number of thiocarbonyl (C=S) groups is 1. The van der Waals surface area contributed by atoms with Crippen molar-refractivity contribution in [1.82, 2.24) is 0 Å². The Labute approximate surface area is 85.0 Å². The van der Waals surface area contributed by atoms with E-state index in [4.69, 9.17) is 18.0 Å². The highest BCUT2D eigenvalue weighted by Gasteiger charge is 2.21. The van der Waals surface area contributed by atoms with Gasteiger partial charge in [0.25, 0.3) is 0 Å². The van der Waals surface area contributed by atoms with Gasteiger partial charge in [0.2, 0.25) is 0 Å². The fraction of sp³-hybridized carbons (Fsp3) is 0.364. The van der Waals surface area contributed by atoms with Crippen molar-refractivity contribution >= 4 is 17.2 Å². The first-order valence-electron chi connectivity index (χ1n) is 4.36. The Morgan fingerprint density at radius 2 is 1.85 bits per heavy atom. The predicted octanol–water partition coefficient (Wildman–Crippen LogP) is 2.54. The first-order chi connectivity index (χ1) is 6.02. The molecule has 0 aliphatic heterocycles. The summed E-state index contributed by atoms with van der Waals surface area (Å²) < 4.78 is 0. The molecule has 1 nitrogen and oxygen atoms in total. The average Bonchev–Trinajstić information content (AvgIpc) is 2.05. The number of benzene rings is 1. The Bertz CT molecular complexity index is 290.